The summed E-state index contributed by atoms with van der Waals surface area (Å²) in [5.41, 5.74) is 8.28. The molecule has 0 heterocycles. The molecule has 0 aliphatic rings. The van der Waals surface area contributed by atoms with Gasteiger partial charge < -0.3 is 5.11 Å². The molecule has 0 spiro atoms. The summed E-state index contributed by atoms with van der Waals surface area (Å²) in [5, 5.41) is 13.8. The van der Waals surface area contributed by atoms with Crippen molar-refractivity contribution in [2.75, 3.05) is 0 Å². The number of aliphatic hydroxyl groups excluding tert-OH is 1. The molecule has 0 unspecified atom stereocenters. The Morgan fingerprint density at radius 2 is 1.42 bits per heavy atom. The standard InChI is InChI=1S/C16H18.CHNO/c1-11-10-16(14(4)13(3)12(11)2)15-8-6-5-7-9-15;2-1-3/h5-10H,1-4H3;3H. The highest BCUT2D eigenvalue weighted by molar-refractivity contribution is 5.70. The van der Waals surface area contributed by atoms with Gasteiger partial charge in [-0.25, -0.2) is 0 Å². The van der Waals surface area contributed by atoms with Crippen LogP contribution in [0.4, 0.5) is 0 Å². The van der Waals surface area contributed by atoms with Crippen molar-refractivity contribution in [1.29, 1.82) is 5.26 Å². The van der Waals surface area contributed by atoms with E-state index in [2.05, 4.69) is 64.1 Å². The molecule has 2 heteroatoms. The molecular weight excluding hydrogens is 234 g/mol. The van der Waals surface area contributed by atoms with Gasteiger partial charge in [0, 0.05) is 0 Å². The van der Waals surface area contributed by atoms with E-state index in [9.17, 15) is 0 Å². The predicted octanol–water partition coefficient (Wildman–Crippen LogP) is 4.43. The lowest BCUT2D eigenvalue weighted by atomic mass is 9.91. The minimum atomic E-state index is 0.750. The molecule has 2 aromatic carbocycles. The number of hydrogen-bond donors (Lipinski definition) is 1. The van der Waals surface area contributed by atoms with Gasteiger partial charge in [0.1, 0.15) is 0 Å². The van der Waals surface area contributed by atoms with E-state index in [1.54, 1.807) is 0 Å². The Morgan fingerprint density at radius 1 is 0.895 bits per heavy atom. The zero-order valence-electron chi connectivity index (χ0n) is 11.9. The molecule has 2 aromatic rings. The van der Waals surface area contributed by atoms with Crippen molar-refractivity contribution in [3.63, 3.8) is 0 Å². The van der Waals surface area contributed by atoms with E-state index < -0.39 is 0 Å². The maximum Gasteiger partial charge on any atom is 0.283 e. The normalized spacial score (nSPS) is 9.21. The van der Waals surface area contributed by atoms with Crippen LogP contribution in [0.15, 0.2) is 36.4 Å². The van der Waals surface area contributed by atoms with Crippen LogP contribution in [0.3, 0.4) is 0 Å². The monoisotopic (exact) mass is 253 g/mol. The molecule has 2 rings (SSSR count). The van der Waals surface area contributed by atoms with Crippen LogP contribution < -0.4 is 0 Å². The van der Waals surface area contributed by atoms with E-state index in [4.69, 9.17) is 10.4 Å². The van der Waals surface area contributed by atoms with Crippen molar-refractivity contribution < 1.29 is 5.11 Å². The van der Waals surface area contributed by atoms with Crippen LogP contribution in [0.25, 0.3) is 11.1 Å². The van der Waals surface area contributed by atoms with E-state index in [1.807, 2.05) is 0 Å². The molecule has 1 N–H and O–H groups in total. The van der Waals surface area contributed by atoms with Gasteiger partial charge in [-0.1, -0.05) is 36.4 Å². The van der Waals surface area contributed by atoms with Crippen molar-refractivity contribution in [2.24, 2.45) is 0 Å². The predicted molar refractivity (Wildman–Crippen MR) is 78.4 cm³/mol. The van der Waals surface area contributed by atoms with Crippen molar-refractivity contribution in [3.8, 4) is 17.4 Å². The largest absolute Gasteiger partial charge is 0.443 e. The van der Waals surface area contributed by atoms with Crippen molar-refractivity contribution >= 4 is 0 Å². The highest BCUT2D eigenvalue weighted by Gasteiger charge is 2.08. The summed E-state index contributed by atoms with van der Waals surface area (Å²) in [6.07, 6.45) is 0.750. The number of nitriles is 1. The maximum atomic E-state index is 6.88. The van der Waals surface area contributed by atoms with Gasteiger partial charge in [0.2, 0.25) is 0 Å². The lowest BCUT2D eigenvalue weighted by molar-refractivity contribution is 0.503. The van der Waals surface area contributed by atoms with E-state index in [-0.39, 0.29) is 0 Å². The van der Waals surface area contributed by atoms with Crippen LogP contribution in [0, 0.1) is 39.2 Å². The van der Waals surface area contributed by atoms with E-state index in [0.29, 0.717) is 0 Å². The molecule has 0 fully saturated rings. The Balaban J connectivity index is 0.000000550. The summed E-state index contributed by atoms with van der Waals surface area (Å²) in [7, 11) is 0. The molecule has 19 heavy (non-hydrogen) atoms. The highest BCUT2D eigenvalue weighted by Crippen LogP contribution is 2.29. The van der Waals surface area contributed by atoms with E-state index in [0.717, 1.165) is 6.26 Å². The Hall–Kier alpha value is -2.27. The fourth-order valence-corrected chi connectivity index (χ4v) is 2.13. The number of aryl methyl sites for hydroxylation is 1. The van der Waals surface area contributed by atoms with Gasteiger partial charge in [-0.3, -0.25) is 0 Å². The van der Waals surface area contributed by atoms with Crippen LogP contribution in [0.2, 0.25) is 0 Å². The number of benzene rings is 2. The van der Waals surface area contributed by atoms with Crippen LogP contribution >= 0.6 is 0 Å². The van der Waals surface area contributed by atoms with Gasteiger partial charge in [-0.15, -0.1) is 0 Å². The third-order valence-corrected chi connectivity index (χ3v) is 3.57. The number of nitrogens with zero attached hydrogens (tertiary/aromatic N) is 1. The SMILES string of the molecule is Cc1cc(-c2ccccc2)c(C)c(C)c1C.N#CO. The fraction of sp³-hybridized carbons (Fsp3) is 0.235. The van der Waals surface area contributed by atoms with Crippen LogP contribution in [-0.4, -0.2) is 5.11 Å². The first-order valence-corrected chi connectivity index (χ1v) is 6.19. The van der Waals surface area contributed by atoms with Gasteiger partial charge in [-0.2, -0.15) is 5.26 Å². The Labute approximate surface area is 115 Å². The summed E-state index contributed by atoms with van der Waals surface area (Å²) in [4.78, 5) is 0. The van der Waals surface area contributed by atoms with Gasteiger partial charge >= 0.3 is 0 Å². The van der Waals surface area contributed by atoms with E-state index in [1.165, 1.54) is 33.4 Å². The Kier molecular flexibility index (Phi) is 5.14. The van der Waals surface area contributed by atoms with Gasteiger partial charge in [0.25, 0.3) is 6.26 Å². The first kappa shape index (κ1) is 14.8. The fourth-order valence-electron chi connectivity index (χ4n) is 2.13. The topological polar surface area (TPSA) is 44.0 Å². The average molecular weight is 253 g/mol. The molecule has 2 nitrogen and oxygen atoms in total. The van der Waals surface area contributed by atoms with Crippen molar-refractivity contribution in [2.45, 2.75) is 27.7 Å². The molecule has 0 radical (unpaired) electrons. The Bertz CT molecular complexity index is 595. The zero-order valence-corrected chi connectivity index (χ0v) is 11.9. The summed E-state index contributed by atoms with van der Waals surface area (Å²) in [5.74, 6) is 0. The lowest BCUT2D eigenvalue weighted by Crippen LogP contribution is -1.94. The third-order valence-electron chi connectivity index (χ3n) is 3.57. The van der Waals surface area contributed by atoms with Crippen LogP contribution in [0.1, 0.15) is 22.3 Å². The maximum absolute atomic E-state index is 6.88. The summed E-state index contributed by atoms with van der Waals surface area (Å²) in [6, 6.07) is 12.9. The molecule has 0 saturated heterocycles. The molecular formula is C17H19NO. The summed E-state index contributed by atoms with van der Waals surface area (Å²) >= 11 is 0. The van der Waals surface area contributed by atoms with Gasteiger partial charge in [0.05, 0.1) is 0 Å². The molecule has 98 valence electrons. The van der Waals surface area contributed by atoms with Gasteiger partial charge in [-0.05, 0) is 61.1 Å². The lowest BCUT2D eigenvalue weighted by Gasteiger charge is -2.14. The molecule has 0 bridgehead atoms. The van der Waals surface area contributed by atoms with Gasteiger partial charge in [0.15, 0.2) is 0 Å². The molecule has 0 amide bonds. The highest BCUT2D eigenvalue weighted by atomic mass is 16.2. The van der Waals surface area contributed by atoms with Crippen molar-refractivity contribution in [1.82, 2.24) is 0 Å². The minimum Gasteiger partial charge on any atom is -0.443 e. The molecule has 0 aliphatic heterocycles. The van der Waals surface area contributed by atoms with E-state index >= 15 is 0 Å². The second-order valence-electron chi connectivity index (χ2n) is 4.58. The van der Waals surface area contributed by atoms with Crippen LogP contribution in [0.5, 0.6) is 0 Å². The first-order chi connectivity index (χ1) is 9.02. The number of rotatable bonds is 1. The zero-order chi connectivity index (χ0) is 14.4. The summed E-state index contributed by atoms with van der Waals surface area (Å²) < 4.78 is 0. The second kappa shape index (κ2) is 6.61. The third kappa shape index (κ3) is 3.35. The summed E-state index contributed by atoms with van der Waals surface area (Å²) in [6.45, 7) is 8.81. The smallest absolute Gasteiger partial charge is 0.283 e. The molecule has 0 aliphatic carbocycles. The number of hydrogen-bond acceptors (Lipinski definition) is 2. The van der Waals surface area contributed by atoms with Crippen LogP contribution in [-0.2, 0) is 0 Å². The molecule has 0 saturated carbocycles. The Morgan fingerprint density at radius 3 is 1.95 bits per heavy atom. The molecule has 0 atom stereocenters. The van der Waals surface area contributed by atoms with Crippen molar-refractivity contribution in [3.05, 3.63) is 58.7 Å². The molecule has 0 aromatic heterocycles. The second-order valence-corrected chi connectivity index (χ2v) is 4.58. The quantitative estimate of drug-likeness (QED) is 0.764. The first-order valence-electron chi connectivity index (χ1n) is 6.19. The average Bonchev–Trinajstić information content (AvgIpc) is 2.42. The number of aliphatic hydroxyl groups is 1. The minimum absolute atomic E-state index is 0.750.